The van der Waals surface area contributed by atoms with Gasteiger partial charge in [-0.25, -0.2) is 12.7 Å². The zero-order valence-electron chi connectivity index (χ0n) is 11.5. The van der Waals surface area contributed by atoms with Crippen molar-refractivity contribution < 1.29 is 13.2 Å². The lowest BCUT2D eigenvalue weighted by molar-refractivity contribution is -0.122. The Bertz CT molecular complexity index is 429. The van der Waals surface area contributed by atoms with Crippen LogP contribution in [-0.4, -0.2) is 37.5 Å². The van der Waals surface area contributed by atoms with Crippen LogP contribution in [0.3, 0.4) is 0 Å². The van der Waals surface area contributed by atoms with E-state index in [1.54, 1.807) is 0 Å². The summed E-state index contributed by atoms with van der Waals surface area (Å²) >= 11 is 0. The quantitative estimate of drug-likeness (QED) is 0.836. The maximum atomic E-state index is 12.4. The lowest BCUT2D eigenvalue weighted by atomic mass is 9.91. The van der Waals surface area contributed by atoms with Gasteiger partial charge in [0.15, 0.2) is 0 Å². The van der Waals surface area contributed by atoms with Gasteiger partial charge in [-0.15, -0.1) is 0 Å². The van der Waals surface area contributed by atoms with Gasteiger partial charge in [-0.3, -0.25) is 4.79 Å². The number of nitrogens with zero attached hydrogens (tertiary/aromatic N) is 1. The summed E-state index contributed by atoms with van der Waals surface area (Å²) in [6, 6.07) is 0. The van der Waals surface area contributed by atoms with Crippen molar-refractivity contribution in [2.24, 2.45) is 23.5 Å². The number of hydrogen-bond acceptors (Lipinski definition) is 3. The third-order valence-electron chi connectivity index (χ3n) is 4.51. The Labute approximate surface area is 115 Å². The predicted octanol–water partition coefficient (Wildman–Crippen LogP) is 0.950. The van der Waals surface area contributed by atoms with Crippen LogP contribution in [0.1, 0.15) is 39.0 Å². The van der Waals surface area contributed by atoms with E-state index in [4.69, 9.17) is 5.73 Å². The molecule has 0 bridgehead atoms. The lowest BCUT2D eigenvalue weighted by Gasteiger charge is -2.24. The van der Waals surface area contributed by atoms with Crippen LogP contribution in [-0.2, 0) is 14.8 Å². The maximum absolute atomic E-state index is 12.4. The fraction of sp³-hybridized carbons (Fsp3) is 0.923. The number of hydrogen-bond donors (Lipinski definition) is 1. The number of sulfonamides is 1. The molecule has 1 saturated heterocycles. The molecule has 1 saturated carbocycles. The highest BCUT2D eigenvalue weighted by atomic mass is 32.2. The molecule has 0 unspecified atom stereocenters. The summed E-state index contributed by atoms with van der Waals surface area (Å²) in [4.78, 5) is 11.3. The molecule has 2 fully saturated rings. The largest absolute Gasteiger partial charge is 0.369 e. The molecular weight excluding hydrogens is 264 g/mol. The van der Waals surface area contributed by atoms with Crippen molar-refractivity contribution in [2.75, 3.05) is 18.8 Å². The van der Waals surface area contributed by atoms with Crippen LogP contribution >= 0.6 is 0 Å². The molecule has 1 heterocycles. The number of carbonyl (C=O) groups excluding carboxylic acids is 1. The van der Waals surface area contributed by atoms with Gasteiger partial charge in [0.25, 0.3) is 0 Å². The van der Waals surface area contributed by atoms with Crippen molar-refractivity contribution in [3.63, 3.8) is 0 Å². The van der Waals surface area contributed by atoms with Crippen molar-refractivity contribution in [1.82, 2.24) is 4.31 Å². The molecular formula is C13H24N2O3S. The fourth-order valence-corrected chi connectivity index (χ4v) is 5.27. The Morgan fingerprint density at radius 3 is 2.37 bits per heavy atom. The first-order valence-electron chi connectivity index (χ1n) is 7.17. The SMILES string of the molecule is C[C@@H]1CN(S(=O)(=O)CC2CCCCC2)C[C@H]1C(N)=O. The number of primary amides is 1. The first kappa shape index (κ1) is 14.8. The average Bonchev–Trinajstić information content (AvgIpc) is 2.73. The van der Waals surface area contributed by atoms with Gasteiger partial charge in [-0.1, -0.05) is 26.2 Å². The summed E-state index contributed by atoms with van der Waals surface area (Å²) in [6.45, 7) is 2.60. The minimum Gasteiger partial charge on any atom is -0.369 e. The summed E-state index contributed by atoms with van der Waals surface area (Å²) in [5.74, 6) is -0.158. The van der Waals surface area contributed by atoms with Crippen LogP contribution in [0.15, 0.2) is 0 Å². The first-order chi connectivity index (χ1) is 8.90. The summed E-state index contributed by atoms with van der Waals surface area (Å²) in [5, 5.41) is 0. The van der Waals surface area contributed by atoms with Crippen LogP contribution in [0.25, 0.3) is 0 Å². The Morgan fingerprint density at radius 1 is 1.21 bits per heavy atom. The van der Waals surface area contributed by atoms with Gasteiger partial charge in [-0.05, 0) is 24.7 Å². The van der Waals surface area contributed by atoms with Crippen LogP contribution in [0.4, 0.5) is 0 Å². The summed E-state index contributed by atoms with van der Waals surface area (Å²) in [5.41, 5.74) is 5.32. The van der Waals surface area contributed by atoms with Gasteiger partial charge in [0.2, 0.25) is 15.9 Å². The number of rotatable bonds is 4. The third kappa shape index (κ3) is 3.48. The van der Waals surface area contributed by atoms with Gasteiger partial charge in [0.1, 0.15) is 0 Å². The molecule has 1 aliphatic heterocycles. The highest BCUT2D eigenvalue weighted by Crippen LogP contribution is 2.29. The maximum Gasteiger partial charge on any atom is 0.222 e. The van der Waals surface area contributed by atoms with Gasteiger partial charge >= 0.3 is 0 Å². The molecule has 0 radical (unpaired) electrons. The molecule has 5 nitrogen and oxygen atoms in total. The van der Waals surface area contributed by atoms with E-state index in [9.17, 15) is 13.2 Å². The Morgan fingerprint density at radius 2 is 1.84 bits per heavy atom. The van der Waals surface area contributed by atoms with E-state index in [0.717, 1.165) is 25.7 Å². The van der Waals surface area contributed by atoms with Crippen LogP contribution in [0.5, 0.6) is 0 Å². The van der Waals surface area contributed by atoms with Gasteiger partial charge in [0, 0.05) is 13.1 Å². The molecule has 2 rings (SSSR count). The second-order valence-electron chi connectivity index (χ2n) is 6.09. The number of amides is 1. The fourth-order valence-electron chi connectivity index (χ4n) is 3.28. The average molecular weight is 288 g/mol. The molecule has 0 aromatic carbocycles. The van der Waals surface area contributed by atoms with Gasteiger partial charge in [0.05, 0.1) is 11.7 Å². The molecule has 2 N–H and O–H groups in total. The smallest absolute Gasteiger partial charge is 0.222 e. The van der Waals surface area contributed by atoms with Crippen molar-refractivity contribution >= 4 is 15.9 Å². The summed E-state index contributed by atoms with van der Waals surface area (Å²) < 4.78 is 26.3. The Kier molecular flexibility index (Phi) is 4.50. The van der Waals surface area contributed by atoms with Crippen LogP contribution in [0.2, 0.25) is 0 Å². The molecule has 2 atom stereocenters. The lowest BCUT2D eigenvalue weighted by Crippen LogP contribution is -2.35. The molecule has 1 amide bonds. The molecule has 0 spiro atoms. The standard InChI is InChI=1S/C13H24N2O3S/c1-10-7-15(8-12(10)13(14)16)19(17,18)9-11-5-3-2-4-6-11/h10-12H,2-9H2,1H3,(H2,14,16)/t10-,12-/m1/s1. The van der Waals surface area contributed by atoms with Crippen LogP contribution in [0, 0.1) is 17.8 Å². The second kappa shape index (κ2) is 5.79. The van der Waals surface area contributed by atoms with E-state index in [2.05, 4.69) is 0 Å². The van der Waals surface area contributed by atoms with E-state index in [1.807, 2.05) is 6.92 Å². The van der Waals surface area contributed by atoms with Crippen molar-refractivity contribution in [3.05, 3.63) is 0 Å². The zero-order valence-corrected chi connectivity index (χ0v) is 12.4. The van der Waals surface area contributed by atoms with E-state index < -0.39 is 10.0 Å². The molecule has 6 heteroatoms. The number of carbonyl (C=O) groups is 1. The zero-order chi connectivity index (χ0) is 14.0. The Hall–Kier alpha value is -0.620. The van der Waals surface area contributed by atoms with Crippen molar-refractivity contribution in [1.29, 1.82) is 0 Å². The van der Waals surface area contributed by atoms with Crippen molar-refractivity contribution in [3.8, 4) is 0 Å². The number of nitrogens with two attached hydrogens (primary N) is 1. The normalized spacial score (nSPS) is 30.6. The van der Waals surface area contributed by atoms with Gasteiger partial charge in [-0.2, -0.15) is 0 Å². The molecule has 1 aliphatic carbocycles. The summed E-state index contributed by atoms with van der Waals surface area (Å²) in [7, 11) is -3.23. The van der Waals surface area contributed by atoms with E-state index in [0.29, 0.717) is 12.5 Å². The van der Waals surface area contributed by atoms with Crippen LogP contribution < -0.4 is 5.73 Å². The van der Waals surface area contributed by atoms with Crippen molar-refractivity contribution in [2.45, 2.75) is 39.0 Å². The van der Waals surface area contributed by atoms with E-state index in [-0.39, 0.29) is 30.0 Å². The minimum absolute atomic E-state index is 0.0265. The third-order valence-corrected chi connectivity index (χ3v) is 6.49. The van der Waals surface area contributed by atoms with E-state index in [1.165, 1.54) is 10.7 Å². The Balaban J connectivity index is 1.98. The molecule has 110 valence electrons. The highest BCUT2D eigenvalue weighted by Gasteiger charge is 2.39. The monoisotopic (exact) mass is 288 g/mol. The summed E-state index contributed by atoms with van der Waals surface area (Å²) in [6.07, 6.45) is 5.53. The second-order valence-corrected chi connectivity index (χ2v) is 8.10. The highest BCUT2D eigenvalue weighted by molar-refractivity contribution is 7.89. The molecule has 2 aliphatic rings. The molecule has 19 heavy (non-hydrogen) atoms. The molecule has 0 aromatic heterocycles. The predicted molar refractivity (Wildman–Crippen MR) is 73.8 cm³/mol. The van der Waals surface area contributed by atoms with E-state index >= 15 is 0 Å². The topological polar surface area (TPSA) is 80.5 Å². The van der Waals surface area contributed by atoms with Gasteiger partial charge < -0.3 is 5.73 Å². The molecule has 0 aromatic rings. The minimum atomic E-state index is -3.23. The first-order valence-corrected chi connectivity index (χ1v) is 8.78.